The highest BCUT2D eigenvalue weighted by molar-refractivity contribution is 9.10. The number of halogens is 1. The number of pyridine rings is 1. The van der Waals surface area contributed by atoms with Crippen molar-refractivity contribution in [2.45, 2.75) is 20.1 Å². The monoisotopic (exact) mass is 478 g/mol. The molecule has 0 radical (unpaired) electrons. The Morgan fingerprint density at radius 3 is 2.61 bits per heavy atom. The zero-order valence-corrected chi connectivity index (χ0v) is 18.3. The van der Waals surface area contributed by atoms with Crippen molar-refractivity contribution in [2.75, 3.05) is 0 Å². The van der Waals surface area contributed by atoms with Crippen LogP contribution in [0, 0.1) is 6.92 Å². The highest BCUT2D eigenvalue weighted by atomic mass is 79.9. The molecule has 0 saturated carbocycles. The Labute approximate surface area is 187 Å². The molecule has 0 aliphatic heterocycles. The highest BCUT2D eigenvalue weighted by Gasteiger charge is 2.15. The molecule has 0 bridgehead atoms. The van der Waals surface area contributed by atoms with Crippen molar-refractivity contribution in [3.05, 3.63) is 110 Å². The van der Waals surface area contributed by atoms with Crippen molar-refractivity contribution in [3.8, 4) is 5.75 Å². The lowest BCUT2D eigenvalue weighted by molar-refractivity contribution is 0.0462. The predicted molar refractivity (Wildman–Crippen MR) is 120 cm³/mol. The molecule has 2 heterocycles. The SMILES string of the molecule is Cc1cccc2nc(COC(=O)c3ccccc3OCc3ccccc3Br)cc(=O)n12. The number of carbonyl (C=O) groups is 1. The van der Waals surface area contributed by atoms with Gasteiger partial charge in [0.1, 0.15) is 30.2 Å². The van der Waals surface area contributed by atoms with Crippen molar-refractivity contribution < 1.29 is 14.3 Å². The van der Waals surface area contributed by atoms with E-state index < -0.39 is 5.97 Å². The lowest BCUT2D eigenvalue weighted by atomic mass is 10.2. The first-order valence-corrected chi connectivity index (χ1v) is 10.4. The molecule has 0 aliphatic carbocycles. The summed E-state index contributed by atoms with van der Waals surface area (Å²) in [7, 11) is 0. The quantitative estimate of drug-likeness (QED) is 0.375. The van der Waals surface area contributed by atoms with E-state index >= 15 is 0 Å². The summed E-state index contributed by atoms with van der Waals surface area (Å²) in [6.45, 7) is 2.02. The first-order valence-electron chi connectivity index (χ1n) is 9.63. The molecule has 156 valence electrons. The fourth-order valence-electron chi connectivity index (χ4n) is 3.19. The number of carbonyl (C=O) groups excluding carboxylic acids is 1. The molecule has 31 heavy (non-hydrogen) atoms. The first kappa shape index (κ1) is 20.8. The van der Waals surface area contributed by atoms with E-state index in [1.807, 2.05) is 43.3 Å². The first-order chi connectivity index (χ1) is 15.0. The van der Waals surface area contributed by atoms with Crippen LogP contribution in [0.4, 0.5) is 0 Å². The fraction of sp³-hybridized carbons (Fsp3) is 0.125. The van der Waals surface area contributed by atoms with E-state index in [0.29, 0.717) is 29.3 Å². The lowest BCUT2D eigenvalue weighted by Gasteiger charge is -2.12. The molecule has 0 fully saturated rings. The minimum Gasteiger partial charge on any atom is -0.488 e. The Morgan fingerprint density at radius 1 is 1.00 bits per heavy atom. The van der Waals surface area contributed by atoms with Gasteiger partial charge in [-0.25, -0.2) is 9.78 Å². The standard InChI is InChI=1S/C24H19BrN2O4/c1-16-7-6-12-22-26-18(13-23(28)27(16)22)15-31-24(29)19-9-3-5-11-21(19)30-14-17-8-2-4-10-20(17)25/h2-13H,14-15H2,1H3. The third kappa shape index (κ3) is 4.67. The molecule has 2 aromatic carbocycles. The average molecular weight is 479 g/mol. The van der Waals surface area contributed by atoms with Gasteiger partial charge in [-0.2, -0.15) is 0 Å². The molecule has 0 atom stereocenters. The van der Waals surface area contributed by atoms with Gasteiger partial charge >= 0.3 is 5.97 Å². The van der Waals surface area contributed by atoms with Gasteiger partial charge in [-0.15, -0.1) is 0 Å². The molecular formula is C24H19BrN2O4. The van der Waals surface area contributed by atoms with Crippen LogP contribution in [-0.4, -0.2) is 15.4 Å². The number of esters is 1. The molecule has 0 spiro atoms. The van der Waals surface area contributed by atoms with Crippen LogP contribution in [0.15, 0.2) is 82.1 Å². The second-order valence-corrected chi connectivity index (χ2v) is 7.75. The van der Waals surface area contributed by atoms with Crippen molar-refractivity contribution in [2.24, 2.45) is 0 Å². The highest BCUT2D eigenvalue weighted by Crippen LogP contribution is 2.23. The van der Waals surface area contributed by atoms with E-state index in [1.165, 1.54) is 10.5 Å². The molecule has 0 unspecified atom stereocenters. The van der Waals surface area contributed by atoms with Gasteiger partial charge in [-0.3, -0.25) is 9.20 Å². The van der Waals surface area contributed by atoms with Crippen LogP contribution in [0.1, 0.15) is 27.3 Å². The molecule has 4 aromatic rings. The zero-order chi connectivity index (χ0) is 21.8. The summed E-state index contributed by atoms with van der Waals surface area (Å²) >= 11 is 3.49. The Bertz CT molecular complexity index is 1320. The number of hydrogen-bond donors (Lipinski definition) is 0. The van der Waals surface area contributed by atoms with Gasteiger partial charge < -0.3 is 9.47 Å². The molecule has 0 amide bonds. The normalized spacial score (nSPS) is 10.8. The van der Waals surface area contributed by atoms with Gasteiger partial charge in [0.25, 0.3) is 5.56 Å². The van der Waals surface area contributed by atoms with E-state index in [9.17, 15) is 9.59 Å². The van der Waals surface area contributed by atoms with E-state index in [1.54, 1.807) is 30.3 Å². The molecule has 0 aliphatic rings. The number of para-hydroxylation sites is 1. The van der Waals surface area contributed by atoms with Crippen LogP contribution < -0.4 is 10.3 Å². The average Bonchev–Trinajstić information content (AvgIpc) is 2.77. The lowest BCUT2D eigenvalue weighted by Crippen LogP contribution is -2.18. The number of aromatic nitrogens is 2. The maximum Gasteiger partial charge on any atom is 0.342 e. The largest absolute Gasteiger partial charge is 0.488 e. The summed E-state index contributed by atoms with van der Waals surface area (Å²) in [4.78, 5) is 29.5. The van der Waals surface area contributed by atoms with Crippen LogP contribution in [0.25, 0.3) is 5.65 Å². The summed E-state index contributed by atoms with van der Waals surface area (Å²) < 4.78 is 13.7. The Hall–Kier alpha value is -3.45. The third-order valence-corrected chi connectivity index (χ3v) is 5.51. The van der Waals surface area contributed by atoms with Crippen molar-refractivity contribution >= 4 is 27.5 Å². The molecule has 0 N–H and O–H groups in total. The molecule has 6 nitrogen and oxygen atoms in total. The van der Waals surface area contributed by atoms with Gasteiger partial charge in [0.15, 0.2) is 0 Å². The van der Waals surface area contributed by atoms with E-state index in [2.05, 4.69) is 20.9 Å². The Morgan fingerprint density at radius 2 is 1.77 bits per heavy atom. The number of hydrogen-bond acceptors (Lipinski definition) is 5. The third-order valence-electron chi connectivity index (χ3n) is 4.73. The summed E-state index contributed by atoms with van der Waals surface area (Å²) in [5.41, 5.74) is 2.73. The van der Waals surface area contributed by atoms with Gasteiger partial charge in [0.2, 0.25) is 0 Å². The Kier molecular flexibility index (Phi) is 6.13. The number of aryl methyl sites for hydroxylation is 1. The predicted octanol–water partition coefficient (Wildman–Crippen LogP) is 4.70. The molecule has 4 rings (SSSR count). The summed E-state index contributed by atoms with van der Waals surface area (Å²) in [6.07, 6.45) is 0. The number of ether oxygens (including phenoxy) is 2. The molecule has 0 saturated heterocycles. The second kappa shape index (κ2) is 9.14. The number of nitrogens with zero attached hydrogens (tertiary/aromatic N) is 2. The van der Waals surface area contributed by atoms with Crippen LogP contribution >= 0.6 is 15.9 Å². The van der Waals surface area contributed by atoms with Crippen LogP contribution in [0.2, 0.25) is 0 Å². The minimum absolute atomic E-state index is 0.114. The van der Waals surface area contributed by atoms with Crippen molar-refractivity contribution in [1.29, 1.82) is 0 Å². The van der Waals surface area contributed by atoms with E-state index in [-0.39, 0.29) is 12.2 Å². The van der Waals surface area contributed by atoms with Crippen molar-refractivity contribution in [3.63, 3.8) is 0 Å². The topological polar surface area (TPSA) is 69.9 Å². The Balaban J connectivity index is 1.49. The van der Waals surface area contributed by atoms with E-state index in [4.69, 9.17) is 9.47 Å². The smallest absolute Gasteiger partial charge is 0.342 e. The number of benzene rings is 2. The second-order valence-electron chi connectivity index (χ2n) is 6.90. The molecular weight excluding hydrogens is 460 g/mol. The zero-order valence-electron chi connectivity index (χ0n) is 16.7. The van der Waals surface area contributed by atoms with Gasteiger partial charge in [-0.05, 0) is 37.3 Å². The summed E-state index contributed by atoms with van der Waals surface area (Å²) in [6, 6.07) is 21.4. The minimum atomic E-state index is -0.547. The van der Waals surface area contributed by atoms with Crippen LogP contribution in [0.5, 0.6) is 5.75 Å². The van der Waals surface area contributed by atoms with E-state index in [0.717, 1.165) is 15.7 Å². The van der Waals surface area contributed by atoms with Gasteiger partial charge in [0.05, 0.1) is 5.69 Å². The van der Waals surface area contributed by atoms with Crippen molar-refractivity contribution in [1.82, 2.24) is 9.38 Å². The van der Waals surface area contributed by atoms with Crippen LogP contribution in [-0.2, 0) is 18.0 Å². The fourth-order valence-corrected chi connectivity index (χ4v) is 3.59. The molecule has 7 heteroatoms. The number of rotatable bonds is 6. The maximum atomic E-state index is 12.7. The molecule has 2 aromatic heterocycles. The maximum absolute atomic E-state index is 12.7. The summed E-state index contributed by atoms with van der Waals surface area (Å²) in [5, 5.41) is 0. The van der Waals surface area contributed by atoms with Gasteiger partial charge in [-0.1, -0.05) is 52.3 Å². The van der Waals surface area contributed by atoms with Crippen LogP contribution in [0.3, 0.4) is 0 Å². The van der Waals surface area contributed by atoms with Gasteiger partial charge in [0, 0.05) is 21.8 Å². The summed E-state index contributed by atoms with van der Waals surface area (Å²) in [5.74, 6) is -0.126. The number of fused-ring (bicyclic) bond motifs is 1.